The van der Waals surface area contributed by atoms with E-state index in [0.29, 0.717) is 0 Å². The minimum Gasteiger partial charge on any atom is -0.378 e. The molecular formula is C13H18N4. The maximum Gasteiger partial charge on any atom is 0.0575 e. The van der Waals surface area contributed by atoms with Crippen LogP contribution in [0.25, 0.3) is 0 Å². The van der Waals surface area contributed by atoms with Gasteiger partial charge in [0.1, 0.15) is 0 Å². The number of aryl methyl sites for hydroxylation is 2. The lowest BCUT2D eigenvalue weighted by Crippen LogP contribution is -2.09. The standard InChI is InChI=1S/C13H18N4/c1-3-8-17-12(5-7-16-17)9-15-13-10-14-6-4-11(13)2/h4-7,10,15H,3,8-9H2,1-2H3. The van der Waals surface area contributed by atoms with Crippen molar-refractivity contribution < 1.29 is 0 Å². The van der Waals surface area contributed by atoms with Gasteiger partial charge < -0.3 is 5.32 Å². The average molecular weight is 230 g/mol. The Balaban J connectivity index is 2.02. The highest BCUT2D eigenvalue weighted by molar-refractivity contribution is 5.48. The highest BCUT2D eigenvalue weighted by Gasteiger charge is 2.02. The third-order valence-electron chi connectivity index (χ3n) is 2.74. The summed E-state index contributed by atoms with van der Waals surface area (Å²) in [6, 6.07) is 4.06. The zero-order chi connectivity index (χ0) is 12.1. The summed E-state index contributed by atoms with van der Waals surface area (Å²) in [5.41, 5.74) is 3.49. The Morgan fingerprint density at radius 1 is 1.29 bits per heavy atom. The predicted octanol–water partition coefficient (Wildman–Crippen LogP) is 2.61. The molecule has 2 aromatic heterocycles. The van der Waals surface area contributed by atoms with Crippen LogP contribution < -0.4 is 5.32 Å². The molecule has 90 valence electrons. The second-order valence-electron chi connectivity index (χ2n) is 4.09. The summed E-state index contributed by atoms with van der Waals surface area (Å²) < 4.78 is 2.04. The summed E-state index contributed by atoms with van der Waals surface area (Å²) in [5.74, 6) is 0. The zero-order valence-corrected chi connectivity index (χ0v) is 10.3. The van der Waals surface area contributed by atoms with E-state index in [-0.39, 0.29) is 0 Å². The Hall–Kier alpha value is -1.84. The molecule has 0 saturated heterocycles. The highest BCUT2D eigenvalue weighted by Crippen LogP contribution is 2.13. The molecule has 1 N–H and O–H groups in total. The molecule has 0 amide bonds. The maximum absolute atomic E-state index is 4.30. The number of aromatic nitrogens is 3. The van der Waals surface area contributed by atoms with Crippen LogP contribution in [0, 0.1) is 6.92 Å². The van der Waals surface area contributed by atoms with Crippen molar-refractivity contribution >= 4 is 5.69 Å². The Morgan fingerprint density at radius 2 is 2.18 bits per heavy atom. The van der Waals surface area contributed by atoms with E-state index >= 15 is 0 Å². The van der Waals surface area contributed by atoms with Gasteiger partial charge in [0.15, 0.2) is 0 Å². The largest absolute Gasteiger partial charge is 0.378 e. The predicted molar refractivity (Wildman–Crippen MR) is 68.8 cm³/mol. The van der Waals surface area contributed by atoms with Crippen LogP contribution in [0.2, 0.25) is 0 Å². The summed E-state index contributed by atoms with van der Waals surface area (Å²) in [6.07, 6.45) is 6.61. The topological polar surface area (TPSA) is 42.7 Å². The molecule has 0 aliphatic heterocycles. The molecule has 0 spiro atoms. The van der Waals surface area contributed by atoms with Gasteiger partial charge in [-0.1, -0.05) is 6.92 Å². The second kappa shape index (κ2) is 5.48. The molecule has 0 aromatic carbocycles. The van der Waals surface area contributed by atoms with Crippen molar-refractivity contribution in [1.82, 2.24) is 14.8 Å². The molecule has 0 atom stereocenters. The van der Waals surface area contributed by atoms with Crippen LogP contribution in [0.1, 0.15) is 24.6 Å². The molecule has 0 fully saturated rings. The fourth-order valence-electron chi connectivity index (χ4n) is 1.76. The molecule has 0 aliphatic carbocycles. The lowest BCUT2D eigenvalue weighted by molar-refractivity contribution is 0.578. The summed E-state index contributed by atoms with van der Waals surface area (Å²) in [6.45, 7) is 5.99. The molecule has 0 aliphatic rings. The maximum atomic E-state index is 4.30. The van der Waals surface area contributed by atoms with Crippen molar-refractivity contribution in [1.29, 1.82) is 0 Å². The number of rotatable bonds is 5. The van der Waals surface area contributed by atoms with E-state index in [1.54, 1.807) is 0 Å². The number of pyridine rings is 1. The van der Waals surface area contributed by atoms with Crippen LogP contribution in [0.5, 0.6) is 0 Å². The van der Waals surface area contributed by atoms with Crippen LogP contribution in [0.3, 0.4) is 0 Å². The lowest BCUT2D eigenvalue weighted by atomic mass is 10.2. The summed E-state index contributed by atoms with van der Waals surface area (Å²) in [7, 11) is 0. The van der Waals surface area contributed by atoms with E-state index in [0.717, 1.165) is 25.2 Å². The summed E-state index contributed by atoms with van der Waals surface area (Å²) >= 11 is 0. The first-order valence-electron chi connectivity index (χ1n) is 5.96. The molecule has 4 heteroatoms. The Morgan fingerprint density at radius 3 is 2.94 bits per heavy atom. The van der Waals surface area contributed by atoms with Crippen LogP contribution in [-0.4, -0.2) is 14.8 Å². The highest BCUT2D eigenvalue weighted by atomic mass is 15.3. The van der Waals surface area contributed by atoms with E-state index in [9.17, 15) is 0 Å². The zero-order valence-electron chi connectivity index (χ0n) is 10.3. The molecule has 2 rings (SSSR count). The average Bonchev–Trinajstić information content (AvgIpc) is 2.76. The molecule has 0 radical (unpaired) electrons. The number of hydrogen-bond donors (Lipinski definition) is 1. The van der Waals surface area contributed by atoms with E-state index in [4.69, 9.17) is 0 Å². The number of nitrogens with zero attached hydrogens (tertiary/aromatic N) is 3. The second-order valence-corrected chi connectivity index (χ2v) is 4.09. The fourth-order valence-corrected chi connectivity index (χ4v) is 1.76. The molecule has 2 aromatic rings. The minimum atomic E-state index is 0.784. The number of hydrogen-bond acceptors (Lipinski definition) is 3. The van der Waals surface area contributed by atoms with Gasteiger partial charge in [-0.2, -0.15) is 5.10 Å². The van der Waals surface area contributed by atoms with E-state index in [1.807, 2.05) is 35.4 Å². The van der Waals surface area contributed by atoms with Crippen LogP contribution in [-0.2, 0) is 13.1 Å². The lowest BCUT2D eigenvalue weighted by Gasteiger charge is -2.10. The van der Waals surface area contributed by atoms with Crippen LogP contribution in [0.15, 0.2) is 30.7 Å². The van der Waals surface area contributed by atoms with Gasteiger partial charge in [-0.25, -0.2) is 0 Å². The van der Waals surface area contributed by atoms with Crippen molar-refractivity contribution in [2.75, 3.05) is 5.32 Å². The summed E-state index contributed by atoms with van der Waals surface area (Å²) in [5, 5.41) is 7.69. The van der Waals surface area contributed by atoms with Gasteiger partial charge in [-0.3, -0.25) is 9.67 Å². The van der Waals surface area contributed by atoms with Gasteiger partial charge in [-0.05, 0) is 31.0 Å². The van der Waals surface area contributed by atoms with Crippen LogP contribution in [0.4, 0.5) is 5.69 Å². The Kier molecular flexibility index (Phi) is 3.75. The normalized spacial score (nSPS) is 10.5. The first-order valence-corrected chi connectivity index (χ1v) is 5.96. The third kappa shape index (κ3) is 2.84. The SMILES string of the molecule is CCCn1nccc1CNc1cnccc1C. The molecule has 2 heterocycles. The van der Waals surface area contributed by atoms with Gasteiger partial charge >= 0.3 is 0 Å². The third-order valence-corrected chi connectivity index (χ3v) is 2.74. The number of anilines is 1. The first kappa shape index (κ1) is 11.6. The number of nitrogens with one attached hydrogen (secondary N) is 1. The summed E-state index contributed by atoms with van der Waals surface area (Å²) in [4.78, 5) is 4.12. The quantitative estimate of drug-likeness (QED) is 0.858. The molecule has 4 nitrogen and oxygen atoms in total. The molecule has 17 heavy (non-hydrogen) atoms. The molecular weight excluding hydrogens is 212 g/mol. The van der Waals surface area contributed by atoms with Gasteiger partial charge in [-0.15, -0.1) is 0 Å². The fraction of sp³-hybridized carbons (Fsp3) is 0.385. The minimum absolute atomic E-state index is 0.784. The van der Waals surface area contributed by atoms with Gasteiger partial charge in [0.05, 0.1) is 24.1 Å². The van der Waals surface area contributed by atoms with Gasteiger partial charge in [0, 0.05) is 18.9 Å². The Bertz CT molecular complexity index is 476. The molecule has 0 saturated carbocycles. The van der Waals surface area contributed by atoms with Crippen molar-refractivity contribution in [3.63, 3.8) is 0 Å². The smallest absolute Gasteiger partial charge is 0.0575 e. The van der Waals surface area contributed by atoms with E-state index in [2.05, 4.69) is 29.2 Å². The van der Waals surface area contributed by atoms with E-state index < -0.39 is 0 Å². The Labute approximate surface area is 102 Å². The van der Waals surface area contributed by atoms with Gasteiger partial charge in [0.2, 0.25) is 0 Å². The van der Waals surface area contributed by atoms with Crippen molar-refractivity contribution in [3.8, 4) is 0 Å². The monoisotopic (exact) mass is 230 g/mol. The van der Waals surface area contributed by atoms with Gasteiger partial charge in [0.25, 0.3) is 0 Å². The van der Waals surface area contributed by atoms with Crippen molar-refractivity contribution in [3.05, 3.63) is 42.0 Å². The van der Waals surface area contributed by atoms with Crippen molar-refractivity contribution in [2.45, 2.75) is 33.4 Å². The molecule has 0 bridgehead atoms. The van der Waals surface area contributed by atoms with Crippen LogP contribution >= 0.6 is 0 Å². The van der Waals surface area contributed by atoms with E-state index in [1.165, 1.54) is 11.3 Å². The molecule has 0 unspecified atom stereocenters. The van der Waals surface area contributed by atoms with Crippen molar-refractivity contribution in [2.24, 2.45) is 0 Å². The first-order chi connectivity index (χ1) is 8.31.